The molecule has 0 bridgehead atoms. The first-order chi connectivity index (χ1) is 12.0. The number of pyridine rings is 1. The summed E-state index contributed by atoms with van der Waals surface area (Å²) >= 11 is 1.01. The fourth-order valence-corrected chi connectivity index (χ4v) is 4.18. The average molecular weight is 371 g/mol. The molecule has 1 aliphatic carbocycles. The fraction of sp³-hybridized carbons (Fsp3) is 0.647. The first kappa shape index (κ1) is 18.5. The van der Waals surface area contributed by atoms with E-state index in [0.717, 1.165) is 18.4 Å². The van der Waals surface area contributed by atoms with Gasteiger partial charge in [0.15, 0.2) is 0 Å². The summed E-state index contributed by atoms with van der Waals surface area (Å²) in [6.07, 6.45) is 3.13. The lowest BCUT2D eigenvalue weighted by Gasteiger charge is -2.39. The third-order valence-corrected chi connectivity index (χ3v) is 5.70. The molecule has 1 aromatic rings. The van der Waals surface area contributed by atoms with Crippen molar-refractivity contribution >= 4 is 23.5 Å². The van der Waals surface area contributed by atoms with E-state index in [9.17, 15) is 13.6 Å². The van der Waals surface area contributed by atoms with E-state index >= 15 is 0 Å². The molecule has 0 aromatic carbocycles. The number of carbonyl (C=O) groups excluding carboxylic acids is 1. The van der Waals surface area contributed by atoms with Crippen LogP contribution in [-0.2, 0) is 9.53 Å². The van der Waals surface area contributed by atoms with Crippen molar-refractivity contribution in [2.75, 3.05) is 18.5 Å². The molecule has 1 amide bonds. The van der Waals surface area contributed by atoms with Crippen molar-refractivity contribution in [2.45, 2.75) is 43.1 Å². The van der Waals surface area contributed by atoms with Gasteiger partial charge in [-0.15, -0.1) is 0 Å². The molecule has 1 aliphatic heterocycles. The van der Waals surface area contributed by atoms with Gasteiger partial charge in [-0.2, -0.15) is 0 Å². The van der Waals surface area contributed by atoms with E-state index in [2.05, 4.69) is 10.3 Å². The normalized spacial score (nSPS) is 27.0. The number of carbonyl (C=O) groups is 1. The average Bonchev–Trinajstić information content (AvgIpc) is 2.62. The molecule has 2 atom stereocenters. The smallest absolute Gasteiger partial charge is 0.248 e. The molecule has 2 fully saturated rings. The minimum atomic E-state index is -2.55. The molecule has 3 rings (SSSR count). The van der Waals surface area contributed by atoms with Crippen LogP contribution < -0.4 is 10.5 Å². The van der Waals surface area contributed by atoms with Gasteiger partial charge in [-0.3, -0.25) is 9.93 Å². The van der Waals surface area contributed by atoms with E-state index in [4.69, 9.17) is 9.88 Å². The second kappa shape index (κ2) is 7.97. The highest BCUT2D eigenvalue weighted by molar-refractivity contribution is 7.97. The summed E-state index contributed by atoms with van der Waals surface area (Å²) in [7, 11) is 0. The van der Waals surface area contributed by atoms with Crippen LogP contribution in [0.1, 0.15) is 32.1 Å². The Labute approximate surface area is 150 Å². The maximum absolute atomic E-state index is 13.4. The summed E-state index contributed by atoms with van der Waals surface area (Å²) in [5.74, 6) is -2.73. The highest BCUT2D eigenvalue weighted by Gasteiger charge is 2.42. The maximum Gasteiger partial charge on any atom is 0.248 e. The van der Waals surface area contributed by atoms with Gasteiger partial charge in [0.05, 0.1) is 12.5 Å². The molecule has 5 nitrogen and oxygen atoms in total. The third-order valence-electron chi connectivity index (χ3n) is 5.24. The zero-order valence-corrected chi connectivity index (χ0v) is 14.7. The molecule has 0 unspecified atom stereocenters. The fourth-order valence-electron chi connectivity index (χ4n) is 3.87. The van der Waals surface area contributed by atoms with Gasteiger partial charge in [-0.05, 0) is 55.2 Å². The molecule has 0 spiro atoms. The first-order valence-corrected chi connectivity index (χ1v) is 9.46. The highest BCUT2D eigenvalue weighted by atomic mass is 32.2. The number of nitrogens with one attached hydrogen (secondary N) is 1. The number of anilines is 1. The molecule has 0 radical (unpaired) electrons. The molecular weight excluding hydrogens is 348 g/mol. The summed E-state index contributed by atoms with van der Waals surface area (Å²) in [6, 6.07) is 3.42. The van der Waals surface area contributed by atoms with Crippen LogP contribution in [0.5, 0.6) is 0 Å². The topological polar surface area (TPSA) is 77.2 Å². The second-order valence-corrected chi connectivity index (χ2v) is 7.47. The van der Waals surface area contributed by atoms with Gasteiger partial charge in [0.25, 0.3) is 0 Å². The van der Waals surface area contributed by atoms with E-state index in [0.29, 0.717) is 36.8 Å². The third kappa shape index (κ3) is 4.68. The van der Waals surface area contributed by atoms with Gasteiger partial charge in [-0.1, -0.05) is 0 Å². The Morgan fingerprint density at radius 3 is 2.84 bits per heavy atom. The predicted octanol–water partition coefficient (Wildman–Crippen LogP) is 3.46. The van der Waals surface area contributed by atoms with Crippen LogP contribution in [0.15, 0.2) is 23.4 Å². The largest absolute Gasteiger partial charge is 0.381 e. The van der Waals surface area contributed by atoms with Crippen molar-refractivity contribution in [3.8, 4) is 0 Å². The van der Waals surface area contributed by atoms with Gasteiger partial charge in [0.1, 0.15) is 5.03 Å². The number of hydrogen-bond donors (Lipinski definition) is 2. The van der Waals surface area contributed by atoms with E-state index < -0.39 is 5.92 Å². The van der Waals surface area contributed by atoms with Crippen molar-refractivity contribution in [1.82, 2.24) is 4.98 Å². The number of nitrogens with zero attached hydrogens (tertiary/aromatic N) is 1. The molecule has 2 aliphatic rings. The SMILES string of the molecule is NSc1cc(NC(=O)[C@@H]2COCC[C@H]2C2CCC(F)(F)CC2)ccn1. The lowest BCUT2D eigenvalue weighted by atomic mass is 9.71. The summed E-state index contributed by atoms with van der Waals surface area (Å²) in [5, 5.41) is 9.00. The maximum atomic E-state index is 13.4. The molecule has 8 heteroatoms. The molecule has 3 N–H and O–H groups in total. The molecular formula is C17H23F2N3O2S. The van der Waals surface area contributed by atoms with Crippen LogP contribution in [0.25, 0.3) is 0 Å². The Bertz CT molecular complexity index is 607. The van der Waals surface area contributed by atoms with Gasteiger partial charge in [0.2, 0.25) is 11.8 Å². The van der Waals surface area contributed by atoms with E-state index in [-0.39, 0.29) is 36.5 Å². The summed E-state index contributed by atoms with van der Waals surface area (Å²) in [4.78, 5) is 16.8. The number of nitrogens with two attached hydrogens (primary N) is 1. The monoisotopic (exact) mass is 371 g/mol. The quantitative estimate of drug-likeness (QED) is 0.793. The zero-order valence-electron chi connectivity index (χ0n) is 13.9. The number of rotatable bonds is 4. The first-order valence-electron chi connectivity index (χ1n) is 8.58. The minimum absolute atomic E-state index is 0.0786. The predicted molar refractivity (Wildman–Crippen MR) is 92.2 cm³/mol. The number of hydrogen-bond acceptors (Lipinski definition) is 5. The standard InChI is InChI=1S/C17H23F2N3O2S/c18-17(19)5-1-11(2-6-17)13-4-8-24-10-14(13)16(23)22-12-3-7-21-15(9-12)25-20/h3,7,9,11,13-14H,1-2,4-6,8,10,20H2,(H,21,22,23)/t13-,14+/m0/s1. The molecule has 2 heterocycles. The molecule has 138 valence electrons. The Morgan fingerprint density at radius 1 is 1.36 bits per heavy atom. The van der Waals surface area contributed by atoms with Gasteiger partial charge >= 0.3 is 0 Å². The minimum Gasteiger partial charge on any atom is -0.381 e. The number of ether oxygens (including phenoxy) is 1. The van der Waals surface area contributed by atoms with E-state index in [1.54, 1.807) is 18.3 Å². The van der Waals surface area contributed by atoms with Crippen LogP contribution in [-0.4, -0.2) is 30.0 Å². The summed E-state index contributed by atoms with van der Waals surface area (Å²) in [5.41, 5.74) is 0.632. The van der Waals surface area contributed by atoms with Crippen molar-refractivity contribution < 1.29 is 18.3 Å². The lowest BCUT2D eigenvalue weighted by molar-refractivity contribution is -0.130. The van der Waals surface area contributed by atoms with Crippen LogP contribution in [0.2, 0.25) is 0 Å². The molecule has 25 heavy (non-hydrogen) atoms. The van der Waals surface area contributed by atoms with Crippen LogP contribution in [0.3, 0.4) is 0 Å². The zero-order chi connectivity index (χ0) is 17.9. The highest BCUT2D eigenvalue weighted by Crippen LogP contribution is 2.43. The van der Waals surface area contributed by atoms with Crippen LogP contribution >= 0.6 is 11.9 Å². The van der Waals surface area contributed by atoms with Crippen molar-refractivity contribution in [2.24, 2.45) is 22.9 Å². The Balaban J connectivity index is 1.66. The molecule has 1 saturated carbocycles. The van der Waals surface area contributed by atoms with Crippen LogP contribution in [0, 0.1) is 17.8 Å². The van der Waals surface area contributed by atoms with Gasteiger partial charge < -0.3 is 10.1 Å². The van der Waals surface area contributed by atoms with Crippen LogP contribution in [0.4, 0.5) is 14.5 Å². The summed E-state index contributed by atoms with van der Waals surface area (Å²) in [6.45, 7) is 0.928. The van der Waals surface area contributed by atoms with E-state index in [1.807, 2.05) is 0 Å². The number of alkyl halides is 2. The lowest BCUT2D eigenvalue weighted by Crippen LogP contribution is -2.42. The number of aromatic nitrogens is 1. The van der Waals surface area contributed by atoms with Gasteiger partial charge in [0, 0.05) is 31.3 Å². The Morgan fingerprint density at radius 2 is 2.12 bits per heavy atom. The van der Waals surface area contributed by atoms with Crippen molar-refractivity contribution in [1.29, 1.82) is 0 Å². The van der Waals surface area contributed by atoms with Crippen molar-refractivity contribution in [3.05, 3.63) is 18.3 Å². The molecule has 1 aromatic heterocycles. The number of amides is 1. The van der Waals surface area contributed by atoms with Crippen molar-refractivity contribution in [3.63, 3.8) is 0 Å². The molecule has 1 saturated heterocycles. The van der Waals surface area contributed by atoms with E-state index in [1.165, 1.54) is 0 Å². The second-order valence-electron chi connectivity index (χ2n) is 6.82. The number of halogens is 2. The Kier molecular flexibility index (Phi) is 5.91. The Hall–Kier alpha value is -1.25. The van der Waals surface area contributed by atoms with Gasteiger partial charge in [-0.25, -0.2) is 13.8 Å². The summed E-state index contributed by atoms with van der Waals surface area (Å²) < 4.78 is 32.4.